The van der Waals surface area contributed by atoms with Crippen molar-refractivity contribution in [1.82, 2.24) is 10.3 Å². The summed E-state index contributed by atoms with van der Waals surface area (Å²) in [7, 11) is 0. The topological polar surface area (TPSA) is 93.5 Å². The van der Waals surface area contributed by atoms with E-state index < -0.39 is 0 Å². The van der Waals surface area contributed by atoms with Crippen molar-refractivity contribution in [2.24, 2.45) is 11.8 Å². The average molecular weight is 448 g/mol. The SMILES string of the molecule is CCOC(=O)C1CCC(CNC(=O)Nc2ccc(-c3nc(-c4ccccc4)co3)cc2)CC1. The second kappa shape index (κ2) is 10.8. The lowest BCUT2D eigenvalue weighted by Crippen LogP contribution is -2.35. The van der Waals surface area contributed by atoms with E-state index in [1.165, 1.54) is 0 Å². The summed E-state index contributed by atoms with van der Waals surface area (Å²) in [6.07, 6.45) is 5.12. The molecule has 1 aromatic heterocycles. The van der Waals surface area contributed by atoms with E-state index >= 15 is 0 Å². The summed E-state index contributed by atoms with van der Waals surface area (Å²) in [6.45, 7) is 2.85. The van der Waals surface area contributed by atoms with Gasteiger partial charge in [0.25, 0.3) is 0 Å². The number of carbonyl (C=O) groups is 2. The molecule has 2 aromatic carbocycles. The summed E-state index contributed by atoms with van der Waals surface area (Å²) >= 11 is 0. The van der Waals surface area contributed by atoms with E-state index in [4.69, 9.17) is 9.15 Å². The molecule has 0 unspecified atom stereocenters. The van der Waals surface area contributed by atoms with E-state index in [2.05, 4.69) is 15.6 Å². The second-order valence-electron chi connectivity index (χ2n) is 8.29. The Balaban J connectivity index is 1.24. The highest BCUT2D eigenvalue weighted by atomic mass is 16.5. The van der Waals surface area contributed by atoms with Gasteiger partial charge in [-0.3, -0.25) is 4.79 Å². The van der Waals surface area contributed by atoms with Gasteiger partial charge in [-0.05, 0) is 62.8 Å². The van der Waals surface area contributed by atoms with Crippen LogP contribution in [0.4, 0.5) is 10.5 Å². The van der Waals surface area contributed by atoms with Crippen molar-refractivity contribution in [3.8, 4) is 22.7 Å². The molecule has 33 heavy (non-hydrogen) atoms. The van der Waals surface area contributed by atoms with Gasteiger partial charge in [-0.15, -0.1) is 0 Å². The number of oxazole rings is 1. The van der Waals surface area contributed by atoms with Crippen LogP contribution < -0.4 is 10.6 Å². The van der Waals surface area contributed by atoms with Crippen LogP contribution in [0, 0.1) is 11.8 Å². The fraction of sp³-hybridized carbons (Fsp3) is 0.346. The standard InChI is InChI=1S/C26H29N3O4/c1-2-32-25(30)21-10-8-18(9-11-21)16-27-26(31)28-22-14-12-20(13-15-22)24-29-23(17-33-24)19-6-4-3-5-7-19/h3-7,12-15,17-18,21H,2,8-11,16H2,1H3,(H2,27,28,31). The molecule has 0 atom stereocenters. The molecule has 2 N–H and O–H groups in total. The normalized spacial score (nSPS) is 17.8. The summed E-state index contributed by atoms with van der Waals surface area (Å²) in [6, 6.07) is 17.0. The van der Waals surface area contributed by atoms with E-state index in [9.17, 15) is 9.59 Å². The zero-order valence-corrected chi connectivity index (χ0v) is 18.8. The van der Waals surface area contributed by atoms with Gasteiger partial charge in [-0.2, -0.15) is 0 Å². The predicted molar refractivity (Wildman–Crippen MR) is 126 cm³/mol. The number of nitrogens with zero attached hydrogens (tertiary/aromatic N) is 1. The Hall–Kier alpha value is -3.61. The molecule has 0 spiro atoms. The number of anilines is 1. The summed E-state index contributed by atoms with van der Waals surface area (Å²) < 4.78 is 10.7. The molecule has 1 aliphatic rings. The van der Waals surface area contributed by atoms with Crippen molar-refractivity contribution in [1.29, 1.82) is 0 Å². The fourth-order valence-corrected chi connectivity index (χ4v) is 4.12. The third-order valence-corrected chi connectivity index (χ3v) is 5.98. The third-order valence-electron chi connectivity index (χ3n) is 5.98. The van der Waals surface area contributed by atoms with Crippen LogP contribution in [0.1, 0.15) is 32.6 Å². The fourth-order valence-electron chi connectivity index (χ4n) is 4.12. The van der Waals surface area contributed by atoms with Crippen molar-refractivity contribution in [2.75, 3.05) is 18.5 Å². The summed E-state index contributed by atoms with van der Waals surface area (Å²) in [5, 5.41) is 5.80. The van der Waals surface area contributed by atoms with Gasteiger partial charge in [0.15, 0.2) is 0 Å². The first-order valence-corrected chi connectivity index (χ1v) is 11.4. The first-order chi connectivity index (χ1) is 16.1. The molecular formula is C26H29N3O4. The number of amides is 2. The molecule has 1 aliphatic carbocycles. The number of ether oxygens (including phenoxy) is 1. The molecule has 1 fully saturated rings. The highest BCUT2D eigenvalue weighted by Crippen LogP contribution is 2.29. The first kappa shape index (κ1) is 22.6. The molecular weight excluding hydrogens is 418 g/mol. The van der Waals surface area contributed by atoms with E-state index in [1.54, 1.807) is 6.26 Å². The maximum atomic E-state index is 12.3. The molecule has 0 radical (unpaired) electrons. The van der Waals surface area contributed by atoms with Crippen LogP contribution in [-0.4, -0.2) is 30.1 Å². The summed E-state index contributed by atoms with van der Waals surface area (Å²) in [4.78, 5) is 28.7. The summed E-state index contributed by atoms with van der Waals surface area (Å²) in [5.41, 5.74) is 3.30. The van der Waals surface area contributed by atoms with Gasteiger partial charge in [0.05, 0.1) is 12.5 Å². The Labute approximate surface area is 193 Å². The van der Waals surface area contributed by atoms with Crippen LogP contribution in [0.2, 0.25) is 0 Å². The van der Waals surface area contributed by atoms with Crippen molar-refractivity contribution >= 4 is 17.7 Å². The van der Waals surface area contributed by atoms with Crippen LogP contribution in [0.25, 0.3) is 22.7 Å². The molecule has 1 saturated carbocycles. The molecule has 0 saturated heterocycles. The van der Waals surface area contributed by atoms with Crippen LogP contribution in [0.3, 0.4) is 0 Å². The number of esters is 1. The van der Waals surface area contributed by atoms with E-state index in [0.717, 1.165) is 42.5 Å². The van der Waals surface area contributed by atoms with Crippen LogP contribution in [-0.2, 0) is 9.53 Å². The van der Waals surface area contributed by atoms with Crippen molar-refractivity contribution < 1.29 is 18.7 Å². The number of benzene rings is 2. The lowest BCUT2D eigenvalue weighted by Gasteiger charge is -2.27. The maximum absolute atomic E-state index is 12.3. The summed E-state index contributed by atoms with van der Waals surface area (Å²) in [5.74, 6) is 0.822. The van der Waals surface area contributed by atoms with Gasteiger partial charge < -0.3 is 19.8 Å². The molecule has 7 heteroatoms. The van der Waals surface area contributed by atoms with E-state index in [0.29, 0.717) is 30.6 Å². The Morgan fingerprint density at radius 1 is 1.00 bits per heavy atom. The smallest absolute Gasteiger partial charge is 0.319 e. The monoisotopic (exact) mass is 447 g/mol. The largest absolute Gasteiger partial charge is 0.466 e. The Morgan fingerprint density at radius 2 is 1.73 bits per heavy atom. The quantitative estimate of drug-likeness (QED) is 0.467. The number of urea groups is 1. The molecule has 0 aliphatic heterocycles. The Bertz CT molecular complexity index is 1050. The zero-order valence-electron chi connectivity index (χ0n) is 18.8. The number of aromatic nitrogens is 1. The van der Waals surface area contributed by atoms with E-state index in [1.807, 2.05) is 61.5 Å². The number of nitrogens with one attached hydrogen (secondary N) is 2. The van der Waals surface area contributed by atoms with E-state index in [-0.39, 0.29) is 17.9 Å². The predicted octanol–water partition coefficient (Wildman–Crippen LogP) is 5.50. The molecule has 1 heterocycles. The molecule has 0 bridgehead atoms. The van der Waals surface area contributed by atoms with Crippen LogP contribution in [0.15, 0.2) is 65.3 Å². The van der Waals surface area contributed by atoms with Crippen LogP contribution >= 0.6 is 0 Å². The molecule has 3 aromatic rings. The number of rotatable bonds is 7. The minimum Gasteiger partial charge on any atom is -0.466 e. The number of hydrogen-bond donors (Lipinski definition) is 2. The van der Waals surface area contributed by atoms with Gasteiger partial charge in [-0.25, -0.2) is 9.78 Å². The van der Waals surface area contributed by atoms with Gasteiger partial charge in [-0.1, -0.05) is 30.3 Å². The van der Waals surface area contributed by atoms with Crippen molar-refractivity contribution in [3.05, 3.63) is 60.9 Å². The number of hydrogen-bond acceptors (Lipinski definition) is 5. The molecule has 2 amide bonds. The highest BCUT2D eigenvalue weighted by molar-refractivity contribution is 5.89. The van der Waals surface area contributed by atoms with Crippen LogP contribution in [0.5, 0.6) is 0 Å². The Morgan fingerprint density at radius 3 is 2.42 bits per heavy atom. The average Bonchev–Trinajstić information content (AvgIpc) is 3.35. The van der Waals surface area contributed by atoms with Gasteiger partial charge in [0.2, 0.25) is 5.89 Å². The Kier molecular flexibility index (Phi) is 7.40. The lowest BCUT2D eigenvalue weighted by molar-refractivity contribution is -0.149. The minimum absolute atomic E-state index is 0.000893. The zero-order chi connectivity index (χ0) is 23.0. The van der Waals surface area contributed by atoms with Crippen molar-refractivity contribution in [2.45, 2.75) is 32.6 Å². The first-order valence-electron chi connectivity index (χ1n) is 11.4. The van der Waals surface area contributed by atoms with Gasteiger partial charge in [0, 0.05) is 23.4 Å². The maximum Gasteiger partial charge on any atom is 0.319 e. The van der Waals surface area contributed by atoms with Gasteiger partial charge >= 0.3 is 12.0 Å². The minimum atomic E-state index is -0.238. The van der Waals surface area contributed by atoms with Crippen molar-refractivity contribution in [3.63, 3.8) is 0 Å². The molecule has 4 rings (SSSR count). The molecule has 7 nitrogen and oxygen atoms in total. The third kappa shape index (κ3) is 6.00. The molecule has 172 valence electrons. The lowest BCUT2D eigenvalue weighted by atomic mass is 9.82. The number of carbonyl (C=O) groups excluding carboxylic acids is 2. The second-order valence-corrected chi connectivity index (χ2v) is 8.29. The highest BCUT2D eigenvalue weighted by Gasteiger charge is 2.27. The van der Waals surface area contributed by atoms with Gasteiger partial charge in [0.1, 0.15) is 12.0 Å².